The standard InChI is InChI=1S/C18H19NO.BrH/c20-18(14-7-2-1-3-8-14)13-19-12-6-11-17(19)15-9-4-5-10-16(15)18;/h1-5,7-10,17,20H,6,11-13H2;1H/t17-,18-;/m1./s1. The predicted octanol–water partition coefficient (Wildman–Crippen LogP) is 3.65. The highest BCUT2D eigenvalue weighted by molar-refractivity contribution is 8.93. The Kier molecular flexibility index (Phi) is 3.91. The van der Waals surface area contributed by atoms with Crippen molar-refractivity contribution in [3.63, 3.8) is 0 Å². The van der Waals surface area contributed by atoms with E-state index in [-0.39, 0.29) is 17.0 Å². The molecule has 1 fully saturated rings. The molecule has 2 atom stereocenters. The summed E-state index contributed by atoms with van der Waals surface area (Å²) in [5.41, 5.74) is 2.52. The van der Waals surface area contributed by atoms with Crippen LogP contribution in [0.2, 0.25) is 0 Å². The smallest absolute Gasteiger partial charge is 0.128 e. The number of hydrogen-bond acceptors (Lipinski definition) is 2. The largest absolute Gasteiger partial charge is 0.379 e. The van der Waals surface area contributed by atoms with Crippen molar-refractivity contribution in [2.24, 2.45) is 0 Å². The van der Waals surface area contributed by atoms with Crippen LogP contribution < -0.4 is 0 Å². The molecule has 2 nitrogen and oxygen atoms in total. The maximum atomic E-state index is 11.4. The lowest BCUT2D eigenvalue weighted by Crippen LogP contribution is -2.46. The summed E-state index contributed by atoms with van der Waals surface area (Å²) in [6, 6.07) is 19.0. The average molecular weight is 346 g/mol. The first-order chi connectivity index (χ1) is 9.79. The van der Waals surface area contributed by atoms with Crippen molar-refractivity contribution in [3.05, 3.63) is 71.3 Å². The fourth-order valence-electron chi connectivity index (χ4n) is 3.87. The highest BCUT2D eigenvalue weighted by Crippen LogP contribution is 2.45. The highest BCUT2D eigenvalue weighted by atomic mass is 79.9. The molecule has 0 saturated carbocycles. The number of hydrogen-bond donors (Lipinski definition) is 1. The van der Waals surface area contributed by atoms with Crippen LogP contribution in [0.15, 0.2) is 54.6 Å². The molecule has 2 aromatic rings. The quantitative estimate of drug-likeness (QED) is 0.852. The Bertz CT molecular complexity index is 630. The zero-order valence-electron chi connectivity index (χ0n) is 11.9. The third-order valence-corrected chi connectivity index (χ3v) is 4.81. The molecule has 0 radical (unpaired) electrons. The Balaban J connectivity index is 0.00000132. The second-order valence-corrected chi connectivity index (χ2v) is 5.94. The van der Waals surface area contributed by atoms with Gasteiger partial charge in [-0.05, 0) is 36.1 Å². The minimum Gasteiger partial charge on any atom is -0.379 e. The molecule has 0 aromatic heterocycles. The normalized spacial score (nSPS) is 27.6. The number of aliphatic hydroxyl groups is 1. The first-order valence-electron chi connectivity index (χ1n) is 7.40. The zero-order chi connectivity index (χ0) is 13.6. The van der Waals surface area contributed by atoms with E-state index in [4.69, 9.17) is 0 Å². The van der Waals surface area contributed by atoms with Crippen LogP contribution in [-0.4, -0.2) is 23.1 Å². The van der Waals surface area contributed by atoms with Crippen molar-refractivity contribution in [3.8, 4) is 0 Å². The molecule has 2 aliphatic heterocycles. The Labute approximate surface area is 136 Å². The summed E-state index contributed by atoms with van der Waals surface area (Å²) in [5.74, 6) is 0. The summed E-state index contributed by atoms with van der Waals surface area (Å²) in [6.07, 6.45) is 2.44. The van der Waals surface area contributed by atoms with E-state index < -0.39 is 5.60 Å². The Morgan fingerprint density at radius 2 is 1.71 bits per heavy atom. The van der Waals surface area contributed by atoms with Crippen LogP contribution in [-0.2, 0) is 5.60 Å². The second-order valence-electron chi connectivity index (χ2n) is 5.94. The third kappa shape index (κ3) is 2.24. The molecule has 0 bridgehead atoms. The van der Waals surface area contributed by atoms with Gasteiger partial charge in [-0.3, -0.25) is 4.90 Å². The van der Waals surface area contributed by atoms with E-state index in [9.17, 15) is 5.11 Å². The summed E-state index contributed by atoms with van der Waals surface area (Å²) < 4.78 is 0. The van der Waals surface area contributed by atoms with Crippen LogP contribution in [0.3, 0.4) is 0 Å². The highest BCUT2D eigenvalue weighted by Gasteiger charge is 2.44. The summed E-state index contributed by atoms with van der Waals surface area (Å²) in [4.78, 5) is 2.44. The van der Waals surface area contributed by atoms with Crippen LogP contribution >= 0.6 is 17.0 Å². The molecule has 0 amide bonds. The molecule has 2 aromatic carbocycles. The first-order valence-corrected chi connectivity index (χ1v) is 7.40. The van der Waals surface area contributed by atoms with E-state index in [0.29, 0.717) is 12.6 Å². The van der Waals surface area contributed by atoms with Gasteiger partial charge in [0, 0.05) is 12.6 Å². The van der Waals surface area contributed by atoms with Crippen molar-refractivity contribution in [1.82, 2.24) is 4.90 Å². The molecule has 0 unspecified atom stereocenters. The van der Waals surface area contributed by atoms with Crippen LogP contribution in [0.1, 0.15) is 35.6 Å². The fraction of sp³-hybridized carbons (Fsp3) is 0.333. The second kappa shape index (κ2) is 5.56. The average Bonchev–Trinajstić information content (AvgIpc) is 2.97. The van der Waals surface area contributed by atoms with Gasteiger partial charge in [0.2, 0.25) is 0 Å². The summed E-state index contributed by atoms with van der Waals surface area (Å²) in [7, 11) is 0. The van der Waals surface area contributed by atoms with Gasteiger partial charge in [0.1, 0.15) is 5.60 Å². The number of nitrogens with zero attached hydrogens (tertiary/aromatic N) is 1. The van der Waals surface area contributed by atoms with Crippen molar-refractivity contribution < 1.29 is 5.11 Å². The van der Waals surface area contributed by atoms with E-state index in [1.807, 2.05) is 36.4 Å². The zero-order valence-corrected chi connectivity index (χ0v) is 13.6. The van der Waals surface area contributed by atoms with Crippen molar-refractivity contribution in [1.29, 1.82) is 0 Å². The number of rotatable bonds is 1. The van der Waals surface area contributed by atoms with E-state index in [0.717, 1.165) is 17.7 Å². The number of halogens is 1. The minimum atomic E-state index is -0.876. The van der Waals surface area contributed by atoms with Crippen LogP contribution in [0.25, 0.3) is 0 Å². The summed E-state index contributed by atoms with van der Waals surface area (Å²) in [6.45, 7) is 1.80. The van der Waals surface area contributed by atoms with E-state index in [1.165, 1.54) is 18.4 Å². The monoisotopic (exact) mass is 345 g/mol. The molecule has 2 heterocycles. The molecule has 0 aliphatic carbocycles. The fourth-order valence-corrected chi connectivity index (χ4v) is 3.87. The van der Waals surface area contributed by atoms with Crippen LogP contribution in [0, 0.1) is 0 Å². The SMILES string of the molecule is Br.O[C@@]1(c2ccccc2)CN2CCC[C@@H]2c2ccccc21. The Morgan fingerprint density at radius 1 is 1.00 bits per heavy atom. The van der Waals surface area contributed by atoms with E-state index >= 15 is 0 Å². The molecule has 2 aliphatic rings. The lowest BCUT2D eigenvalue weighted by molar-refractivity contribution is 0.0148. The molecular formula is C18H20BrNO. The van der Waals surface area contributed by atoms with Gasteiger partial charge in [-0.2, -0.15) is 0 Å². The maximum Gasteiger partial charge on any atom is 0.128 e. The number of benzene rings is 2. The summed E-state index contributed by atoms with van der Waals surface area (Å²) >= 11 is 0. The van der Waals surface area contributed by atoms with Gasteiger partial charge in [0.15, 0.2) is 0 Å². The van der Waals surface area contributed by atoms with E-state index in [2.05, 4.69) is 23.1 Å². The van der Waals surface area contributed by atoms with Gasteiger partial charge in [-0.1, -0.05) is 54.6 Å². The van der Waals surface area contributed by atoms with Crippen molar-refractivity contribution in [2.45, 2.75) is 24.5 Å². The van der Waals surface area contributed by atoms with Gasteiger partial charge in [0.05, 0.1) is 0 Å². The van der Waals surface area contributed by atoms with Crippen molar-refractivity contribution in [2.75, 3.05) is 13.1 Å². The molecule has 3 heteroatoms. The van der Waals surface area contributed by atoms with E-state index in [1.54, 1.807) is 0 Å². The number of fused-ring (bicyclic) bond motifs is 3. The van der Waals surface area contributed by atoms with Gasteiger partial charge >= 0.3 is 0 Å². The molecule has 1 saturated heterocycles. The molecule has 1 N–H and O–H groups in total. The summed E-state index contributed by atoms with van der Waals surface area (Å²) in [5, 5.41) is 11.4. The van der Waals surface area contributed by atoms with Gasteiger partial charge in [-0.15, -0.1) is 17.0 Å². The Morgan fingerprint density at radius 3 is 2.52 bits per heavy atom. The molecular weight excluding hydrogens is 326 g/mol. The van der Waals surface area contributed by atoms with Gasteiger partial charge < -0.3 is 5.11 Å². The topological polar surface area (TPSA) is 23.5 Å². The van der Waals surface area contributed by atoms with Gasteiger partial charge in [-0.25, -0.2) is 0 Å². The first kappa shape index (κ1) is 14.8. The Hall–Kier alpha value is -1.16. The molecule has 21 heavy (non-hydrogen) atoms. The van der Waals surface area contributed by atoms with Crippen LogP contribution in [0.4, 0.5) is 0 Å². The minimum absolute atomic E-state index is 0. The van der Waals surface area contributed by atoms with Crippen molar-refractivity contribution >= 4 is 17.0 Å². The maximum absolute atomic E-state index is 11.4. The lowest BCUT2D eigenvalue weighted by Gasteiger charge is -2.43. The predicted molar refractivity (Wildman–Crippen MR) is 89.8 cm³/mol. The van der Waals surface area contributed by atoms with Crippen LogP contribution in [0.5, 0.6) is 0 Å². The third-order valence-electron chi connectivity index (χ3n) is 4.81. The van der Waals surface area contributed by atoms with Gasteiger partial charge in [0.25, 0.3) is 0 Å². The molecule has 0 spiro atoms. The lowest BCUT2D eigenvalue weighted by atomic mass is 9.78. The molecule has 110 valence electrons. The molecule has 4 rings (SSSR count).